The maximum absolute atomic E-state index is 13.1. The number of thiazole rings is 1. The van der Waals surface area contributed by atoms with Gasteiger partial charge in [0, 0.05) is 12.4 Å². The van der Waals surface area contributed by atoms with Crippen molar-refractivity contribution in [3.63, 3.8) is 0 Å². The van der Waals surface area contributed by atoms with Crippen LogP contribution in [0.3, 0.4) is 0 Å². The lowest BCUT2D eigenvalue weighted by atomic mass is 10.3. The molecular weight excluding hydrogens is 267 g/mol. The summed E-state index contributed by atoms with van der Waals surface area (Å²) in [6.45, 7) is 0. The normalized spacial score (nSPS) is 10.6. The monoisotopic (exact) mass is 274 g/mol. The first-order valence-electron chi connectivity index (χ1n) is 5.37. The van der Waals surface area contributed by atoms with Crippen LogP contribution in [0, 0.1) is 5.82 Å². The molecule has 0 aliphatic rings. The second-order valence-corrected chi connectivity index (χ2v) is 4.69. The van der Waals surface area contributed by atoms with E-state index in [0.29, 0.717) is 10.2 Å². The molecule has 0 unspecified atom stereocenters. The number of rotatable bonds is 2. The Labute approximate surface area is 111 Å². The predicted octanol–water partition coefficient (Wildman–Crippen LogP) is 2.48. The van der Waals surface area contributed by atoms with Gasteiger partial charge in [-0.25, -0.2) is 19.3 Å². The van der Waals surface area contributed by atoms with Gasteiger partial charge in [0.25, 0.3) is 5.91 Å². The minimum atomic E-state index is -0.409. The molecule has 1 N–H and O–H groups in total. The summed E-state index contributed by atoms with van der Waals surface area (Å²) in [4.78, 5) is 23.8. The Morgan fingerprint density at radius 1 is 1.26 bits per heavy atom. The summed E-state index contributed by atoms with van der Waals surface area (Å²) in [6.07, 6.45) is 3.05. The van der Waals surface area contributed by atoms with E-state index < -0.39 is 5.91 Å². The second-order valence-electron chi connectivity index (χ2n) is 3.66. The zero-order valence-corrected chi connectivity index (χ0v) is 10.3. The molecule has 1 amide bonds. The maximum Gasteiger partial charge on any atom is 0.287 e. The van der Waals surface area contributed by atoms with Crippen molar-refractivity contribution in [3.05, 3.63) is 47.5 Å². The first kappa shape index (κ1) is 11.7. The Morgan fingerprint density at radius 2 is 2.05 bits per heavy atom. The fourth-order valence-corrected chi connectivity index (χ4v) is 2.40. The van der Waals surface area contributed by atoms with E-state index in [1.54, 1.807) is 6.07 Å². The molecule has 94 valence electrons. The number of nitrogens with zero attached hydrogens (tertiary/aromatic N) is 3. The summed E-state index contributed by atoms with van der Waals surface area (Å²) in [7, 11) is 0. The highest BCUT2D eigenvalue weighted by molar-refractivity contribution is 7.20. The fraction of sp³-hybridized carbons (Fsp3) is 0. The van der Waals surface area contributed by atoms with Gasteiger partial charge in [0.2, 0.25) is 5.95 Å². The Bertz CT molecular complexity index is 744. The summed E-state index contributed by atoms with van der Waals surface area (Å²) in [5.41, 5.74) is 0.588. The van der Waals surface area contributed by atoms with E-state index in [0.717, 1.165) is 11.3 Å². The average Bonchev–Trinajstić information content (AvgIpc) is 2.83. The van der Waals surface area contributed by atoms with Crippen molar-refractivity contribution < 1.29 is 9.18 Å². The molecule has 0 fully saturated rings. The van der Waals surface area contributed by atoms with E-state index in [1.807, 2.05) is 0 Å². The van der Waals surface area contributed by atoms with Crippen LogP contribution in [0.1, 0.15) is 9.80 Å². The Balaban J connectivity index is 1.89. The third kappa shape index (κ3) is 2.41. The van der Waals surface area contributed by atoms with Crippen molar-refractivity contribution in [3.8, 4) is 0 Å². The Hall–Kier alpha value is -2.41. The first-order chi connectivity index (χ1) is 9.22. The van der Waals surface area contributed by atoms with Crippen LogP contribution in [-0.4, -0.2) is 20.9 Å². The smallest absolute Gasteiger partial charge is 0.287 e. The predicted molar refractivity (Wildman–Crippen MR) is 69.6 cm³/mol. The van der Waals surface area contributed by atoms with Gasteiger partial charge < -0.3 is 0 Å². The zero-order chi connectivity index (χ0) is 13.2. The number of carbonyl (C=O) groups is 1. The standard InChI is InChI=1S/C12H7FN4OS/c13-7-2-3-8-9(6-7)19-11(16-8)10(18)17-12-14-4-1-5-15-12/h1-6H,(H,14,15,17,18). The molecule has 0 atom stereocenters. The van der Waals surface area contributed by atoms with Crippen molar-refractivity contribution in [1.82, 2.24) is 15.0 Å². The molecule has 3 rings (SSSR count). The van der Waals surface area contributed by atoms with E-state index in [4.69, 9.17) is 0 Å². The van der Waals surface area contributed by atoms with E-state index in [9.17, 15) is 9.18 Å². The molecule has 0 saturated heterocycles. The van der Waals surface area contributed by atoms with Crippen molar-refractivity contribution >= 4 is 33.4 Å². The van der Waals surface area contributed by atoms with E-state index in [1.165, 1.54) is 30.6 Å². The van der Waals surface area contributed by atoms with Gasteiger partial charge in [0.05, 0.1) is 10.2 Å². The van der Waals surface area contributed by atoms with Gasteiger partial charge in [-0.1, -0.05) is 0 Å². The van der Waals surface area contributed by atoms with E-state index >= 15 is 0 Å². The van der Waals surface area contributed by atoms with Crippen molar-refractivity contribution in [2.24, 2.45) is 0 Å². The molecule has 0 aliphatic heterocycles. The van der Waals surface area contributed by atoms with Crippen molar-refractivity contribution in [2.45, 2.75) is 0 Å². The average molecular weight is 274 g/mol. The summed E-state index contributed by atoms with van der Waals surface area (Å²) >= 11 is 1.12. The molecule has 7 heteroatoms. The number of amides is 1. The minimum absolute atomic E-state index is 0.206. The molecule has 5 nitrogen and oxygen atoms in total. The molecular formula is C12H7FN4OS. The largest absolute Gasteiger partial charge is 0.288 e. The van der Waals surface area contributed by atoms with Crippen LogP contribution in [0.25, 0.3) is 10.2 Å². The highest BCUT2D eigenvalue weighted by Crippen LogP contribution is 2.23. The van der Waals surface area contributed by atoms with Crippen LogP contribution < -0.4 is 5.32 Å². The summed E-state index contributed by atoms with van der Waals surface area (Å²) < 4.78 is 13.7. The molecule has 0 bridgehead atoms. The van der Waals surface area contributed by atoms with Crippen LogP contribution >= 0.6 is 11.3 Å². The van der Waals surface area contributed by atoms with E-state index in [2.05, 4.69) is 20.3 Å². The number of hydrogen-bond acceptors (Lipinski definition) is 5. The minimum Gasteiger partial charge on any atom is -0.288 e. The summed E-state index contributed by atoms with van der Waals surface area (Å²) in [6, 6.07) is 5.85. The van der Waals surface area contributed by atoms with Gasteiger partial charge >= 0.3 is 0 Å². The van der Waals surface area contributed by atoms with Crippen LogP contribution in [0.2, 0.25) is 0 Å². The van der Waals surface area contributed by atoms with E-state index in [-0.39, 0.29) is 16.8 Å². The number of halogens is 1. The quantitative estimate of drug-likeness (QED) is 0.779. The molecule has 1 aromatic carbocycles. The second kappa shape index (κ2) is 4.69. The van der Waals surface area contributed by atoms with Gasteiger partial charge in [-0.15, -0.1) is 11.3 Å². The molecule has 2 heterocycles. The first-order valence-corrected chi connectivity index (χ1v) is 6.18. The number of fused-ring (bicyclic) bond motifs is 1. The molecule has 2 aromatic heterocycles. The Morgan fingerprint density at radius 3 is 2.84 bits per heavy atom. The molecule has 0 saturated carbocycles. The lowest BCUT2D eigenvalue weighted by Crippen LogP contribution is -2.13. The SMILES string of the molecule is O=C(Nc1ncccn1)c1nc2ccc(F)cc2s1. The third-order valence-corrected chi connectivity index (χ3v) is 3.35. The molecule has 0 radical (unpaired) electrons. The molecule has 3 aromatic rings. The number of aromatic nitrogens is 3. The Kier molecular flexibility index (Phi) is 2.88. The number of benzene rings is 1. The summed E-state index contributed by atoms with van der Waals surface area (Å²) in [5, 5.41) is 2.77. The number of carbonyl (C=O) groups excluding carboxylic acids is 1. The third-order valence-electron chi connectivity index (χ3n) is 2.34. The highest BCUT2D eigenvalue weighted by Gasteiger charge is 2.13. The van der Waals surface area contributed by atoms with Gasteiger partial charge in [-0.3, -0.25) is 10.1 Å². The van der Waals surface area contributed by atoms with Crippen LogP contribution in [-0.2, 0) is 0 Å². The van der Waals surface area contributed by atoms with Gasteiger partial charge in [-0.2, -0.15) is 0 Å². The lowest BCUT2D eigenvalue weighted by Gasteiger charge is -1.98. The zero-order valence-electron chi connectivity index (χ0n) is 9.50. The van der Waals surface area contributed by atoms with Gasteiger partial charge in [0.15, 0.2) is 5.01 Å². The molecule has 0 aliphatic carbocycles. The topological polar surface area (TPSA) is 67.8 Å². The fourth-order valence-electron chi connectivity index (χ4n) is 1.51. The molecule has 19 heavy (non-hydrogen) atoms. The maximum atomic E-state index is 13.1. The van der Waals surface area contributed by atoms with Crippen LogP contribution in [0.15, 0.2) is 36.7 Å². The van der Waals surface area contributed by atoms with Gasteiger partial charge in [-0.05, 0) is 24.3 Å². The lowest BCUT2D eigenvalue weighted by molar-refractivity contribution is 0.102. The van der Waals surface area contributed by atoms with Crippen LogP contribution in [0.4, 0.5) is 10.3 Å². The number of hydrogen-bond donors (Lipinski definition) is 1. The summed E-state index contributed by atoms with van der Waals surface area (Å²) in [5.74, 6) is -0.555. The van der Waals surface area contributed by atoms with Crippen molar-refractivity contribution in [1.29, 1.82) is 0 Å². The van der Waals surface area contributed by atoms with Gasteiger partial charge in [0.1, 0.15) is 5.82 Å². The highest BCUT2D eigenvalue weighted by atomic mass is 32.1. The molecule has 0 spiro atoms. The number of anilines is 1. The van der Waals surface area contributed by atoms with Crippen molar-refractivity contribution in [2.75, 3.05) is 5.32 Å². The van der Waals surface area contributed by atoms with Crippen LogP contribution in [0.5, 0.6) is 0 Å². The number of nitrogens with one attached hydrogen (secondary N) is 1.